The van der Waals surface area contributed by atoms with Gasteiger partial charge in [-0.1, -0.05) is 43.9 Å². The van der Waals surface area contributed by atoms with E-state index >= 15 is 0 Å². The zero-order valence-electron chi connectivity index (χ0n) is 11.2. The van der Waals surface area contributed by atoms with Crippen LogP contribution >= 0.6 is 0 Å². The van der Waals surface area contributed by atoms with Gasteiger partial charge in [0.15, 0.2) is 6.04 Å². The van der Waals surface area contributed by atoms with E-state index in [0.717, 1.165) is 19.3 Å². The van der Waals surface area contributed by atoms with Crippen LogP contribution in [0.1, 0.15) is 46.1 Å². The van der Waals surface area contributed by atoms with Crippen molar-refractivity contribution in [1.29, 1.82) is 0 Å². The molecule has 0 aliphatic heterocycles. The summed E-state index contributed by atoms with van der Waals surface area (Å²) in [7, 11) is 0. The molecule has 102 valence electrons. The van der Waals surface area contributed by atoms with Gasteiger partial charge in [0.1, 0.15) is 0 Å². The summed E-state index contributed by atoms with van der Waals surface area (Å²) < 4.78 is 6.76. The van der Waals surface area contributed by atoms with Gasteiger partial charge in [0.05, 0.1) is 12.8 Å². The summed E-state index contributed by atoms with van der Waals surface area (Å²) in [5.74, 6) is -0.581. The summed E-state index contributed by atoms with van der Waals surface area (Å²) in [5.41, 5.74) is 0. The largest absolute Gasteiger partial charge is 0.480 e. The highest BCUT2D eigenvalue weighted by molar-refractivity contribution is 5.72. The van der Waals surface area contributed by atoms with Crippen LogP contribution in [0.5, 0.6) is 5.88 Å². The number of hydrogen-bond donors (Lipinski definition) is 1. The Bertz CT molecular complexity index is 376. The first kappa shape index (κ1) is 14.5. The number of rotatable bonds is 8. The molecule has 0 fully saturated rings. The molecule has 0 radical (unpaired) electrons. The molecule has 1 heterocycles. The van der Waals surface area contributed by atoms with Crippen molar-refractivity contribution in [2.75, 3.05) is 6.61 Å². The number of carbonyl (C=O) groups is 1. The van der Waals surface area contributed by atoms with Crippen molar-refractivity contribution in [1.82, 2.24) is 15.0 Å². The lowest BCUT2D eigenvalue weighted by Gasteiger charge is -2.15. The molecule has 0 bridgehead atoms. The summed E-state index contributed by atoms with van der Waals surface area (Å²) in [6.07, 6.45) is 4.75. The summed E-state index contributed by atoms with van der Waals surface area (Å²) >= 11 is 0. The number of aliphatic carboxylic acids is 1. The lowest BCUT2D eigenvalue weighted by Crippen LogP contribution is -2.24. The van der Waals surface area contributed by atoms with E-state index in [4.69, 9.17) is 9.84 Å². The van der Waals surface area contributed by atoms with Crippen molar-refractivity contribution in [3.05, 3.63) is 6.20 Å². The second kappa shape index (κ2) is 6.98. The Morgan fingerprint density at radius 2 is 2.22 bits per heavy atom. The van der Waals surface area contributed by atoms with Crippen molar-refractivity contribution in [3.63, 3.8) is 0 Å². The Hall–Kier alpha value is -1.59. The highest BCUT2D eigenvalue weighted by atomic mass is 16.5. The number of nitrogens with zero attached hydrogens (tertiary/aromatic N) is 3. The molecule has 6 heteroatoms. The fourth-order valence-electron chi connectivity index (χ4n) is 1.70. The van der Waals surface area contributed by atoms with E-state index < -0.39 is 12.0 Å². The molecule has 1 unspecified atom stereocenters. The Labute approximate surface area is 107 Å². The lowest BCUT2D eigenvalue weighted by molar-refractivity contribution is -0.142. The van der Waals surface area contributed by atoms with Crippen LogP contribution < -0.4 is 4.74 Å². The Kier molecular flexibility index (Phi) is 5.61. The molecule has 1 rings (SSSR count). The quantitative estimate of drug-likeness (QED) is 0.720. The van der Waals surface area contributed by atoms with E-state index in [1.54, 1.807) is 6.20 Å². The number of carboxylic acid groups (broad SMARTS) is 1. The summed E-state index contributed by atoms with van der Waals surface area (Å²) in [4.78, 5) is 11.1. The molecular weight excluding hydrogens is 234 g/mol. The molecular formula is C12H21N3O3. The minimum absolute atomic E-state index is 0.0582. The van der Waals surface area contributed by atoms with E-state index in [0.29, 0.717) is 12.5 Å². The maximum absolute atomic E-state index is 11.1. The van der Waals surface area contributed by atoms with Gasteiger partial charge in [0.2, 0.25) is 0 Å². The van der Waals surface area contributed by atoms with Crippen LogP contribution in [0.3, 0.4) is 0 Å². The van der Waals surface area contributed by atoms with Gasteiger partial charge >= 0.3 is 5.97 Å². The highest BCUT2D eigenvalue weighted by Gasteiger charge is 2.25. The predicted octanol–water partition coefficient (Wildman–Crippen LogP) is 2.13. The summed E-state index contributed by atoms with van der Waals surface area (Å²) in [5, 5.41) is 16.8. The Morgan fingerprint density at radius 1 is 1.50 bits per heavy atom. The molecule has 18 heavy (non-hydrogen) atoms. The smallest absolute Gasteiger partial charge is 0.328 e. The first-order valence-corrected chi connectivity index (χ1v) is 6.33. The molecule has 0 aliphatic rings. The zero-order chi connectivity index (χ0) is 13.5. The van der Waals surface area contributed by atoms with E-state index in [-0.39, 0.29) is 5.92 Å². The van der Waals surface area contributed by atoms with Crippen molar-refractivity contribution >= 4 is 5.97 Å². The molecule has 1 aromatic rings. The number of unbranched alkanes of at least 4 members (excludes halogenated alkanes) is 2. The number of carboxylic acids is 1. The van der Waals surface area contributed by atoms with E-state index in [9.17, 15) is 4.79 Å². The predicted molar refractivity (Wildman–Crippen MR) is 66.6 cm³/mol. The highest BCUT2D eigenvalue weighted by Crippen LogP contribution is 2.18. The fraction of sp³-hybridized carbons (Fsp3) is 0.750. The molecule has 0 aliphatic carbocycles. The Morgan fingerprint density at radius 3 is 2.78 bits per heavy atom. The van der Waals surface area contributed by atoms with E-state index in [1.807, 2.05) is 13.8 Å². The van der Waals surface area contributed by atoms with Crippen LogP contribution in [0, 0.1) is 5.92 Å². The topological polar surface area (TPSA) is 77.2 Å². The minimum Gasteiger partial charge on any atom is -0.480 e. The maximum atomic E-state index is 11.1. The van der Waals surface area contributed by atoms with Crippen molar-refractivity contribution in [2.45, 2.75) is 46.1 Å². The standard InChI is InChI=1S/C12H21N3O3/c1-4-5-6-7-18-10-8-15(14-13-10)11(9(2)3)12(16)17/h8-9,11H,4-7H2,1-3H3,(H,16,17). The molecule has 0 spiro atoms. The first-order valence-electron chi connectivity index (χ1n) is 6.33. The molecule has 0 amide bonds. The van der Waals surface area contributed by atoms with Gasteiger partial charge < -0.3 is 9.84 Å². The first-order chi connectivity index (χ1) is 8.56. The van der Waals surface area contributed by atoms with Crippen LogP contribution in [0.15, 0.2) is 6.20 Å². The molecule has 0 saturated heterocycles. The van der Waals surface area contributed by atoms with Gasteiger partial charge in [-0.2, -0.15) is 0 Å². The molecule has 1 atom stereocenters. The van der Waals surface area contributed by atoms with Crippen LogP contribution in [0.4, 0.5) is 0 Å². The average Bonchev–Trinajstić information content (AvgIpc) is 2.72. The van der Waals surface area contributed by atoms with E-state index in [2.05, 4.69) is 17.2 Å². The number of aromatic nitrogens is 3. The third kappa shape index (κ3) is 4.01. The third-order valence-electron chi connectivity index (χ3n) is 2.66. The van der Waals surface area contributed by atoms with Gasteiger partial charge in [0.25, 0.3) is 5.88 Å². The SMILES string of the molecule is CCCCCOc1cn(C(C(=O)O)C(C)C)nn1. The molecule has 0 saturated carbocycles. The van der Waals surface area contributed by atoms with Gasteiger partial charge in [-0.3, -0.25) is 0 Å². The van der Waals surface area contributed by atoms with Crippen molar-refractivity contribution in [2.24, 2.45) is 5.92 Å². The van der Waals surface area contributed by atoms with Gasteiger partial charge in [-0.15, -0.1) is 0 Å². The summed E-state index contributed by atoms with van der Waals surface area (Å²) in [6, 6.07) is -0.703. The molecule has 6 nitrogen and oxygen atoms in total. The van der Waals surface area contributed by atoms with Crippen LogP contribution in [-0.2, 0) is 4.79 Å². The monoisotopic (exact) mass is 255 g/mol. The van der Waals surface area contributed by atoms with Gasteiger partial charge in [0, 0.05) is 0 Å². The third-order valence-corrected chi connectivity index (χ3v) is 2.66. The normalized spacial score (nSPS) is 12.7. The van der Waals surface area contributed by atoms with Crippen LogP contribution in [0.25, 0.3) is 0 Å². The van der Waals surface area contributed by atoms with Crippen molar-refractivity contribution < 1.29 is 14.6 Å². The van der Waals surface area contributed by atoms with E-state index in [1.165, 1.54) is 4.68 Å². The average molecular weight is 255 g/mol. The van der Waals surface area contributed by atoms with Gasteiger partial charge in [-0.25, -0.2) is 9.48 Å². The lowest BCUT2D eigenvalue weighted by atomic mass is 10.1. The number of ether oxygens (including phenoxy) is 1. The second-order valence-corrected chi connectivity index (χ2v) is 4.62. The fourth-order valence-corrected chi connectivity index (χ4v) is 1.70. The van der Waals surface area contributed by atoms with Crippen LogP contribution in [0.2, 0.25) is 0 Å². The Balaban J connectivity index is 2.58. The van der Waals surface area contributed by atoms with Crippen LogP contribution in [-0.4, -0.2) is 32.7 Å². The zero-order valence-corrected chi connectivity index (χ0v) is 11.2. The van der Waals surface area contributed by atoms with Gasteiger partial charge in [-0.05, 0) is 12.3 Å². The number of hydrogen-bond acceptors (Lipinski definition) is 4. The molecule has 1 aromatic heterocycles. The molecule has 0 aromatic carbocycles. The molecule has 1 N–H and O–H groups in total. The second-order valence-electron chi connectivity index (χ2n) is 4.62. The maximum Gasteiger partial charge on any atom is 0.328 e. The minimum atomic E-state index is -0.910. The summed E-state index contributed by atoms with van der Waals surface area (Å²) in [6.45, 7) is 6.38. The van der Waals surface area contributed by atoms with Crippen molar-refractivity contribution in [3.8, 4) is 5.88 Å².